The molecule has 6 heteroatoms. The smallest absolute Gasteiger partial charge is 0.315 e. The van der Waals surface area contributed by atoms with Gasteiger partial charge in [-0.15, -0.1) is 0 Å². The largest absolute Gasteiger partial charge is 0.469 e. The highest BCUT2D eigenvalue weighted by molar-refractivity contribution is 5.74. The molecule has 0 saturated carbocycles. The number of unbranched alkanes of at least 4 members (excludes halogenated alkanes) is 1. The van der Waals surface area contributed by atoms with Crippen LogP contribution in [0.15, 0.2) is 0 Å². The van der Waals surface area contributed by atoms with E-state index in [1.165, 1.54) is 7.11 Å². The average Bonchev–Trinajstić information content (AvgIpc) is 2.27. The van der Waals surface area contributed by atoms with Gasteiger partial charge in [-0.1, -0.05) is 0 Å². The van der Waals surface area contributed by atoms with Crippen LogP contribution >= 0.6 is 0 Å². The van der Waals surface area contributed by atoms with Crippen LogP contribution in [-0.4, -0.2) is 43.4 Å². The summed E-state index contributed by atoms with van der Waals surface area (Å²) in [5.41, 5.74) is 0. The van der Waals surface area contributed by atoms with Gasteiger partial charge in [0, 0.05) is 13.0 Å². The minimum atomic E-state index is -0.306. The molecule has 0 heterocycles. The predicted octanol–water partition coefficient (Wildman–Crippen LogP) is 0.00970. The number of nitrogens with one attached hydrogen (secondary N) is 2. The Balaban J connectivity index is 3.38. The number of urea groups is 1. The number of carbonyl (C=O) groups excluding carboxylic acids is 2. The standard InChI is InChI=1S/C10H20N2O4/c1-8(7-13)12-10(15)11-6-4-3-5-9(14)16-2/h8,13H,3-7H2,1-2H3,(H2,11,12,15). The maximum atomic E-state index is 11.1. The number of methoxy groups -OCH3 is 1. The first kappa shape index (κ1) is 14.7. The zero-order valence-electron chi connectivity index (χ0n) is 9.78. The Labute approximate surface area is 95.4 Å². The van der Waals surface area contributed by atoms with Crippen molar-refractivity contribution in [2.45, 2.75) is 32.2 Å². The second-order valence-corrected chi connectivity index (χ2v) is 3.52. The second-order valence-electron chi connectivity index (χ2n) is 3.52. The summed E-state index contributed by atoms with van der Waals surface area (Å²) < 4.78 is 4.48. The molecule has 1 unspecified atom stereocenters. The third-order valence-electron chi connectivity index (χ3n) is 1.97. The Bertz CT molecular complexity index is 221. The van der Waals surface area contributed by atoms with Crippen molar-refractivity contribution in [3.63, 3.8) is 0 Å². The molecular formula is C10H20N2O4. The third-order valence-corrected chi connectivity index (χ3v) is 1.97. The fourth-order valence-electron chi connectivity index (χ4n) is 1.02. The lowest BCUT2D eigenvalue weighted by atomic mass is 10.2. The molecule has 1 atom stereocenters. The molecule has 0 aliphatic carbocycles. The van der Waals surface area contributed by atoms with Crippen molar-refractivity contribution in [1.29, 1.82) is 0 Å². The summed E-state index contributed by atoms with van der Waals surface area (Å²) >= 11 is 0. The van der Waals surface area contributed by atoms with Gasteiger partial charge in [0.15, 0.2) is 0 Å². The van der Waals surface area contributed by atoms with Crippen molar-refractivity contribution >= 4 is 12.0 Å². The van der Waals surface area contributed by atoms with Crippen molar-refractivity contribution in [3.8, 4) is 0 Å². The fourth-order valence-corrected chi connectivity index (χ4v) is 1.02. The van der Waals surface area contributed by atoms with Crippen LogP contribution in [0.25, 0.3) is 0 Å². The Morgan fingerprint density at radius 2 is 2.06 bits per heavy atom. The van der Waals surface area contributed by atoms with E-state index >= 15 is 0 Å². The van der Waals surface area contributed by atoms with Gasteiger partial charge in [0.1, 0.15) is 0 Å². The van der Waals surface area contributed by atoms with E-state index in [9.17, 15) is 9.59 Å². The summed E-state index contributed by atoms with van der Waals surface area (Å²) in [6.45, 7) is 2.12. The zero-order chi connectivity index (χ0) is 12.4. The number of ether oxygens (including phenoxy) is 1. The molecule has 0 bridgehead atoms. The molecule has 94 valence electrons. The van der Waals surface area contributed by atoms with Crippen molar-refractivity contribution in [2.75, 3.05) is 20.3 Å². The van der Waals surface area contributed by atoms with Gasteiger partial charge in [0.25, 0.3) is 0 Å². The van der Waals surface area contributed by atoms with E-state index in [1.54, 1.807) is 6.92 Å². The maximum Gasteiger partial charge on any atom is 0.315 e. The van der Waals surface area contributed by atoms with E-state index in [4.69, 9.17) is 5.11 Å². The highest BCUT2D eigenvalue weighted by atomic mass is 16.5. The lowest BCUT2D eigenvalue weighted by Crippen LogP contribution is -2.42. The highest BCUT2D eigenvalue weighted by Crippen LogP contribution is 1.95. The average molecular weight is 232 g/mol. The summed E-state index contributed by atoms with van der Waals surface area (Å²) in [7, 11) is 1.35. The van der Waals surface area contributed by atoms with Crippen LogP contribution in [0.1, 0.15) is 26.2 Å². The number of aliphatic hydroxyl groups excluding tert-OH is 1. The first-order chi connectivity index (χ1) is 7.60. The SMILES string of the molecule is COC(=O)CCCCNC(=O)NC(C)CO. The first-order valence-electron chi connectivity index (χ1n) is 5.32. The molecule has 0 rings (SSSR count). The van der Waals surface area contributed by atoms with Crippen LogP contribution in [0, 0.1) is 0 Å². The van der Waals surface area contributed by atoms with Gasteiger partial charge < -0.3 is 20.5 Å². The number of hydrogen-bond acceptors (Lipinski definition) is 4. The topological polar surface area (TPSA) is 87.7 Å². The summed E-state index contributed by atoms with van der Waals surface area (Å²) in [5.74, 6) is -0.238. The molecule has 0 saturated heterocycles. The Morgan fingerprint density at radius 1 is 1.38 bits per heavy atom. The van der Waals surface area contributed by atoms with Crippen LogP contribution in [0.4, 0.5) is 4.79 Å². The molecule has 6 nitrogen and oxygen atoms in total. The molecule has 0 aliphatic heterocycles. The van der Waals surface area contributed by atoms with Gasteiger partial charge in [-0.25, -0.2) is 4.79 Å². The maximum absolute atomic E-state index is 11.1. The molecule has 0 aromatic carbocycles. The highest BCUT2D eigenvalue weighted by Gasteiger charge is 2.04. The van der Waals surface area contributed by atoms with Crippen LogP contribution in [-0.2, 0) is 9.53 Å². The molecular weight excluding hydrogens is 212 g/mol. The summed E-state index contributed by atoms with van der Waals surface area (Å²) in [6.07, 6.45) is 1.77. The Kier molecular flexibility index (Phi) is 8.24. The lowest BCUT2D eigenvalue weighted by Gasteiger charge is -2.11. The molecule has 0 fully saturated rings. The van der Waals surface area contributed by atoms with E-state index in [1.807, 2.05) is 0 Å². The second kappa shape index (κ2) is 8.96. The number of amides is 2. The molecule has 2 amide bonds. The number of aliphatic hydroxyl groups is 1. The monoisotopic (exact) mass is 232 g/mol. The minimum Gasteiger partial charge on any atom is -0.469 e. The lowest BCUT2D eigenvalue weighted by molar-refractivity contribution is -0.140. The molecule has 16 heavy (non-hydrogen) atoms. The normalized spacial score (nSPS) is 11.7. The van der Waals surface area contributed by atoms with Crippen molar-refractivity contribution in [3.05, 3.63) is 0 Å². The van der Waals surface area contributed by atoms with Crippen molar-refractivity contribution in [2.24, 2.45) is 0 Å². The summed E-state index contributed by atoms with van der Waals surface area (Å²) in [5, 5.41) is 13.9. The molecule has 0 aromatic heterocycles. The van der Waals surface area contributed by atoms with E-state index in [-0.39, 0.29) is 24.6 Å². The number of esters is 1. The van der Waals surface area contributed by atoms with Crippen LogP contribution in [0.3, 0.4) is 0 Å². The van der Waals surface area contributed by atoms with Gasteiger partial charge in [-0.05, 0) is 19.8 Å². The molecule has 0 aliphatic rings. The number of rotatable bonds is 7. The van der Waals surface area contributed by atoms with Crippen molar-refractivity contribution in [1.82, 2.24) is 10.6 Å². The van der Waals surface area contributed by atoms with Gasteiger partial charge in [-0.2, -0.15) is 0 Å². The van der Waals surface area contributed by atoms with E-state index in [0.717, 1.165) is 6.42 Å². The van der Waals surface area contributed by atoms with E-state index < -0.39 is 0 Å². The fraction of sp³-hybridized carbons (Fsp3) is 0.800. The summed E-state index contributed by atoms with van der Waals surface area (Å²) in [4.78, 5) is 21.9. The van der Waals surface area contributed by atoms with E-state index in [2.05, 4.69) is 15.4 Å². The predicted molar refractivity (Wildman–Crippen MR) is 58.9 cm³/mol. The van der Waals surface area contributed by atoms with Gasteiger partial charge in [0.2, 0.25) is 0 Å². The van der Waals surface area contributed by atoms with Gasteiger partial charge in [0.05, 0.1) is 19.8 Å². The zero-order valence-corrected chi connectivity index (χ0v) is 9.78. The first-order valence-corrected chi connectivity index (χ1v) is 5.32. The molecule has 0 aromatic rings. The van der Waals surface area contributed by atoms with Gasteiger partial charge in [-0.3, -0.25) is 4.79 Å². The molecule has 3 N–H and O–H groups in total. The van der Waals surface area contributed by atoms with Crippen LogP contribution in [0.2, 0.25) is 0 Å². The number of carbonyl (C=O) groups is 2. The van der Waals surface area contributed by atoms with Crippen LogP contribution < -0.4 is 10.6 Å². The van der Waals surface area contributed by atoms with Crippen molar-refractivity contribution < 1.29 is 19.4 Å². The molecule has 0 radical (unpaired) electrons. The summed E-state index contributed by atoms with van der Waals surface area (Å²) in [6, 6.07) is -0.560. The number of hydrogen-bond donors (Lipinski definition) is 3. The third kappa shape index (κ3) is 8.05. The molecule has 0 spiro atoms. The van der Waals surface area contributed by atoms with Gasteiger partial charge >= 0.3 is 12.0 Å². The van der Waals surface area contributed by atoms with E-state index in [0.29, 0.717) is 19.4 Å². The quantitative estimate of drug-likeness (QED) is 0.426. The Hall–Kier alpha value is -1.30. The van der Waals surface area contributed by atoms with Crippen LogP contribution in [0.5, 0.6) is 0 Å². The minimum absolute atomic E-state index is 0.0875. The Morgan fingerprint density at radius 3 is 2.62 bits per heavy atom.